The van der Waals surface area contributed by atoms with Gasteiger partial charge in [-0.15, -0.1) is 0 Å². The minimum Gasteiger partial charge on any atom is -0.488 e. The molecule has 196 valence electrons. The van der Waals surface area contributed by atoms with Gasteiger partial charge in [0.1, 0.15) is 18.5 Å². The Hall–Kier alpha value is -3.45. The van der Waals surface area contributed by atoms with Crippen molar-refractivity contribution >= 4 is 5.91 Å². The summed E-state index contributed by atoms with van der Waals surface area (Å²) in [7, 11) is 0. The molecular formula is C30H38N4O3. The SMILES string of the molecule is Cc1ccc(C(C)C)cc1OCc1c(C)nc(-c2c(C)cccc2C)nc1O[C@@H]1CCN(CC(N)=O)C1. The summed E-state index contributed by atoms with van der Waals surface area (Å²) in [6.07, 6.45) is 0.703. The highest BCUT2D eigenvalue weighted by atomic mass is 16.5. The Bertz CT molecular complexity index is 1270. The second-order valence-corrected chi connectivity index (χ2v) is 10.4. The van der Waals surface area contributed by atoms with Gasteiger partial charge in [0.05, 0.1) is 17.8 Å². The van der Waals surface area contributed by atoms with E-state index in [2.05, 4.69) is 65.0 Å². The molecule has 0 spiro atoms. The zero-order chi connectivity index (χ0) is 26.7. The first-order valence-corrected chi connectivity index (χ1v) is 13.0. The zero-order valence-electron chi connectivity index (χ0n) is 22.8. The van der Waals surface area contributed by atoms with Gasteiger partial charge in [-0.2, -0.15) is 4.98 Å². The Morgan fingerprint density at radius 2 is 1.81 bits per heavy atom. The summed E-state index contributed by atoms with van der Waals surface area (Å²) < 4.78 is 12.8. The van der Waals surface area contributed by atoms with Crippen LogP contribution in [0, 0.1) is 27.7 Å². The van der Waals surface area contributed by atoms with Crippen LogP contribution in [0.25, 0.3) is 11.4 Å². The summed E-state index contributed by atoms with van der Waals surface area (Å²) in [5.41, 5.74) is 12.6. The average Bonchev–Trinajstić information content (AvgIpc) is 3.25. The number of nitrogens with two attached hydrogens (primary N) is 1. The molecule has 2 heterocycles. The standard InChI is InChI=1S/C30H38N4O3/c1-18(2)23-11-10-19(3)26(14-23)36-17-25-22(6)32-29(28-20(4)8-7-9-21(28)5)33-30(25)37-24-12-13-34(15-24)16-27(31)35/h7-11,14,18,24H,12-13,15-17H2,1-6H3,(H2,31,35)/t24-/m1/s1. The lowest BCUT2D eigenvalue weighted by Crippen LogP contribution is -2.33. The highest BCUT2D eigenvalue weighted by molar-refractivity contribution is 5.76. The molecule has 1 aliphatic rings. The number of hydrogen-bond donors (Lipinski definition) is 1. The Kier molecular flexibility index (Phi) is 8.13. The smallest absolute Gasteiger partial charge is 0.231 e. The van der Waals surface area contributed by atoms with Gasteiger partial charge in [0.25, 0.3) is 0 Å². The Balaban J connectivity index is 1.67. The van der Waals surface area contributed by atoms with Gasteiger partial charge in [-0.3, -0.25) is 9.69 Å². The van der Waals surface area contributed by atoms with Crippen LogP contribution in [0.1, 0.15) is 59.7 Å². The fraction of sp³-hybridized carbons (Fsp3) is 0.433. The van der Waals surface area contributed by atoms with E-state index < -0.39 is 0 Å². The molecule has 2 N–H and O–H groups in total. The van der Waals surface area contributed by atoms with E-state index in [4.69, 9.17) is 25.2 Å². The summed E-state index contributed by atoms with van der Waals surface area (Å²) in [5, 5.41) is 0. The maximum absolute atomic E-state index is 11.4. The van der Waals surface area contributed by atoms with Crippen molar-refractivity contribution in [3.8, 4) is 23.0 Å². The summed E-state index contributed by atoms with van der Waals surface area (Å²) in [6, 6.07) is 12.5. The van der Waals surface area contributed by atoms with E-state index in [1.54, 1.807) is 0 Å². The number of benzene rings is 2. The number of likely N-dealkylation sites (tertiary alicyclic amines) is 1. The van der Waals surface area contributed by atoms with Crippen LogP contribution >= 0.6 is 0 Å². The lowest BCUT2D eigenvalue weighted by molar-refractivity contribution is -0.118. The Morgan fingerprint density at radius 3 is 2.49 bits per heavy atom. The first-order chi connectivity index (χ1) is 17.6. The van der Waals surface area contributed by atoms with E-state index >= 15 is 0 Å². The van der Waals surface area contributed by atoms with Crippen LogP contribution in [-0.2, 0) is 11.4 Å². The highest BCUT2D eigenvalue weighted by Gasteiger charge is 2.27. The molecule has 7 heteroatoms. The largest absolute Gasteiger partial charge is 0.488 e. The summed E-state index contributed by atoms with van der Waals surface area (Å²) >= 11 is 0. The van der Waals surface area contributed by atoms with Gasteiger partial charge in [0.2, 0.25) is 11.8 Å². The molecule has 0 radical (unpaired) electrons. The van der Waals surface area contributed by atoms with Crippen LogP contribution in [0.3, 0.4) is 0 Å². The second-order valence-electron chi connectivity index (χ2n) is 10.4. The molecule has 4 rings (SSSR count). The number of carbonyl (C=O) groups excluding carboxylic acids is 1. The summed E-state index contributed by atoms with van der Waals surface area (Å²) in [6.45, 7) is 14.4. The number of hydrogen-bond acceptors (Lipinski definition) is 6. The Labute approximate surface area is 220 Å². The van der Waals surface area contributed by atoms with Crippen LogP contribution in [-0.4, -0.2) is 46.5 Å². The van der Waals surface area contributed by atoms with Crippen molar-refractivity contribution in [3.63, 3.8) is 0 Å². The lowest BCUT2D eigenvalue weighted by Gasteiger charge is -2.20. The first-order valence-electron chi connectivity index (χ1n) is 13.0. The van der Waals surface area contributed by atoms with Gasteiger partial charge < -0.3 is 15.2 Å². The minimum absolute atomic E-state index is 0.0933. The molecule has 1 amide bonds. The van der Waals surface area contributed by atoms with Gasteiger partial charge in [0, 0.05) is 18.7 Å². The van der Waals surface area contributed by atoms with Crippen molar-refractivity contribution in [2.45, 2.75) is 66.6 Å². The van der Waals surface area contributed by atoms with E-state index in [-0.39, 0.29) is 18.6 Å². The molecule has 1 fully saturated rings. The maximum atomic E-state index is 11.4. The summed E-state index contributed by atoms with van der Waals surface area (Å²) in [4.78, 5) is 23.2. The van der Waals surface area contributed by atoms with Gasteiger partial charge in [-0.05, 0) is 68.4 Å². The van der Waals surface area contributed by atoms with E-state index in [0.717, 1.165) is 52.2 Å². The van der Waals surface area contributed by atoms with Crippen molar-refractivity contribution < 1.29 is 14.3 Å². The number of carbonyl (C=O) groups is 1. The van der Waals surface area contributed by atoms with Gasteiger partial charge >= 0.3 is 0 Å². The van der Waals surface area contributed by atoms with Gasteiger partial charge in [-0.1, -0.05) is 44.2 Å². The number of ether oxygens (including phenoxy) is 2. The normalized spacial score (nSPS) is 15.8. The molecule has 1 aliphatic heterocycles. The van der Waals surface area contributed by atoms with Crippen LogP contribution in [0.2, 0.25) is 0 Å². The van der Waals surface area contributed by atoms with Crippen LogP contribution < -0.4 is 15.2 Å². The molecule has 7 nitrogen and oxygen atoms in total. The number of aromatic nitrogens is 2. The quantitative estimate of drug-likeness (QED) is 0.442. The average molecular weight is 503 g/mol. The summed E-state index contributed by atoms with van der Waals surface area (Å²) in [5.74, 6) is 2.12. The predicted octanol–water partition coefficient (Wildman–Crippen LogP) is 5.02. The molecule has 0 bridgehead atoms. The van der Waals surface area contributed by atoms with Crippen LogP contribution in [0.5, 0.6) is 11.6 Å². The molecular weight excluding hydrogens is 464 g/mol. The molecule has 1 aromatic heterocycles. The highest BCUT2D eigenvalue weighted by Crippen LogP contribution is 2.32. The topological polar surface area (TPSA) is 90.6 Å². The van der Waals surface area contributed by atoms with E-state index in [1.165, 1.54) is 5.56 Å². The molecule has 0 saturated carbocycles. The number of aryl methyl sites for hydroxylation is 4. The van der Waals surface area contributed by atoms with Crippen molar-refractivity contribution in [3.05, 3.63) is 69.9 Å². The zero-order valence-corrected chi connectivity index (χ0v) is 22.8. The molecule has 37 heavy (non-hydrogen) atoms. The fourth-order valence-electron chi connectivity index (χ4n) is 4.81. The second kappa shape index (κ2) is 11.3. The minimum atomic E-state index is -0.330. The van der Waals surface area contributed by atoms with Crippen molar-refractivity contribution in [1.29, 1.82) is 0 Å². The number of amides is 1. The van der Waals surface area contributed by atoms with Crippen molar-refractivity contribution in [2.75, 3.05) is 19.6 Å². The predicted molar refractivity (Wildman–Crippen MR) is 146 cm³/mol. The molecule has 1 saturated heterocycles. The number of rotatable bonds is 9. The van der Waals surface area contributed by atoms with Gasteiger partial charge in [0.15, 0.2) is 5.82 Å². The van der Waals surface area contributed by atoms with E-state index in [0.29, 0.717) is 30.8 Å². The third-order valence-corrected chi connectivity index (χ3v) is 7.02. The lowest BCUT2D eigenvalue weighted by atomic mass is 10.0. The van der Waals surface area contributed by atoms with Crippen LogP contribution in [0.15, 0.2) is 36.4 Å². The number of primary amides is 1. The fourth-order valence-corrected chi connectivity index (χ4v) is 4.81. The molecule has 0 unspecified atom stereocenters. The molecule has 0 aliphatic carbocycles. The molecule has 3 aromatic rings. The van der Waals surface area contributed by atoms with Crippen molar-refractivity contribution in [2.24, 2.45) is 5.73 Å². The first kappa shape index (κ1) is 26.6. The molecule has 2 aromatic carbocycles. The van der Waals surface area contributed by atoms with E-state index in [1.807, 2.05) is 17.9 Å². The third-order valence-electron chi connectivity index (χ3n) is 7.02. The van der Waals surface area contributed by atoms with E-state index in [9.17, 15) is 4.79 Å². The Morgan fingerprint density at radius 1 is 1.08 bits per heavy atom. The number of nitrogens with zero attached hydrogens (tertiary/aromatic N) is 3. The maximum Gasteiger partial charge on any atom is 0.231 e. The van der Waals surface area contributed by atoms with Crippen LogP contribution in [0.4, 0.5) is 0 Å². The van der Waals surface area contributed by atoms with Gasteiger partial charge in [-0.25, -0.2) is 4.98 Å². The monoisotopic (exact) mass is 502 g/mol. The van der Waals surface area contributed by atoms with Crippen molar-refractivity contribution in [1.82, 2.24) is 14.9 Å². The third kappa shape index (κ3) is 6.28. The molecule has 1 atom stereocenters.